The smallest absolute Gasteiger partial charge is 0.123 e. The highest BCUT2D eigenvalue weighted by atomic mass is 19.1. The summed E-state index contributed by atoms with van der Waals surface area (Å²) in [7, 11) is 1.59. The average molecular weight is 164 g/mol. The van der Waals surface area contributed by atoms with Crippen molar-refractivity contribution in [2.75, 3.05) is 7.05 Å². The Morgan fingerprint density at radius 2 is 2.50 bits per heavy atom. The minimum Gasteiger partial charge on any atom is -0.287 e. The highest BCUT2D eigenvalue weighted by Crippen LogP contribution is 2.11. The van der Waals surface area contributed by atoms with Crippen molar-refractivity contribution >= 4 is 5.71 Å². The largest absolute Gasteiger partial charge is 0.287 e. The van der Waals surface area contributed by atoms with Crippen LogP contribution in [0.15, 0.2) is 28.8 Å². The summed E-state index contributed by atoms with van der Waals surface area (Å²) in [6.07, 6.45) is 3.93. The second-order valence-electron chi connectivity index (χ2n) is 2.46. The fourth-order valence-electron chi connectivity index (χ4n) is 1.02. The van der Waals surface area contributed by atoms with Crippen LogP contribution in [-0.2, 0) is 0 Å². The third kappa shape index (κ3) is 1.79. The lowest BCUT2D eigenvalue weighted by Crippen LogP contribution is -1.98. The summed E-state index contributed by atoms with van der Waals surface area (Å²) in [5, 5.41) is 8.64. The highest BCUT2D eigenvalue weighted by Gasteiger charge is 2.10. The Kier molecular flexibility index (Phi) is 2.76. The maximum absolute atomic E-state index is 12.9. The van der Waals surface area contributed by atoms with Crippen molar-refractivity contribution in [2.45, 2.75) is 12.6 Å². The Bertz CT molecular complexity index is 294. The Balaban J connectivity index is 3.04. The van der Waals surface area contributed by atoms with Gasteiger partial charge >= 0.3 is 0 Å². The maximum Gasteiger partial charge on any atom is 0.123 e. The fraction of sp³-hybridized carbons (Fsp3) is 0.333. The number of halogens is 1. The van der Waals surface area contributed by atoms with Crippen molar-refractivity contribution in [3.05, 3.63) is 23.8 Å². The number of rotatable bonds is 0. The van der Waals surface area contributed by atoms with Crippen molar-refractivity contribution in [1.82, 2.24) is 0 Å². The van der Waals surface area contributed by atoms with Gasteiger partial charge in [0.2, 0.25) is 0 Å². The van der Waals surface area contributed by atoms with Crippen LogP contribution in [0, 0.1) is 11.3 Å². The van der Waals surface area contributed by atoms with E-state index in [-0.39, 0.29) is 0 Å². The molecule has 0 amide bonds. The van der Waals surface area contributed by atoms with Gasteiger partial charge in [-0.2, -0.15) is 5.26 Å². The van der Waals surface area contributed by atoms with Gasteiger partial charge in [0.1, 0.15) is 12.2 Å². The van der Waals surface area contributed by atoms with Crippen molar-refractivity contribution in [3.8, 4) is 6.07 Å². The molecule has 1 aliphatic carbocycles. The number of alkyl halides is 1. The Hall–Kier alpha value is -1.43. The lowest BCUT2D eigenvalue weighted by molar-refractivity contribution is 0.404. The maximum atomic E-state index is 12.9. The molecule has 0 heterocycles. The summed E-state index contributed by atoms with van der Waals surface area (Å²) in [5.74, 6) is 0. The monoisotopic (exact) mass is 164 g/mol. The molecule has 0 aromatic rings. The van der Waals surface area contributed by atoms with Gasteiger partial charge in [0.25, 0.3) is 0 Å². The second kappa shape index (κ2) is 3.82. The molecule has 2 nitrogen and oxygen atoms in total. The molecule has 0 spiro atoms. The molecule has 0 aromatic carbocycles. The first-order valence-corrected chi connectivity index (χ1v) is 3.67. The van der Waals surface area contributed by atoms with E-state index in [4.69, 9.17) is 5.26 Å². The number of allylic oxidation sites excluding steroid dienone is 4. The molecular weight excluding hydrogens is 155 g/mol. The van der Waals surface area contributed by atoms with E-state index in [0.29, 0.717) is 17.7 Å². The van der Waals surface area contributed by atoms with Crippen LogP contribution in [0.5, 0.6) is 0 Å². The van der Waals surface area contributed by atoms with Crippen LogP contribution < -0.4 is 0 Å². The predicted octanol–water partition coefficient (Wildman–Crippen LogP) is 1.81. The van der Waals surface area contributed by atoms with Crippen LogP contribution in [0.25, 0.3) is 0 Å². The van der Waals surface area contributed by atoms with Gasteiger partial charge in [-0.1, -0.05) is 6.08 Å². The first kappa shape index (κ1) is 8.66. The molecular formula is C9H9FN2. The predicted molar refractivity (Wildman–Crippen MR) is 45.7 cm³/mol. The molecule has 1 aliphatic rings. The van der Waals surface area contributed by atoms with Crippen LogP contribution in [0.4, 0.5) is 4.39 Å². The molecule has 0 saturated carbocycles. The van der Waals surface area contributed by atoms with Gasteiger partial charge in [0.05, 0.1) is 11.3 Å². The van der Waals surface area contributed by atoms with E-state index in [1.54, 1.807) is 19.2 Å². The van der Waals surface area contributed by atoms with Gasteiger partial charge in [-0.3, -0.25) is 4.99 Å². The van der Waals surface area contributed by atoms with E-state index in [0.717, 1.165) is 0 Å². The van der Waals surface area contributed by atoms with Crippen LogP contribution >= 0.6 is 0 Å². The number of hydrogen-bond donors (Lipinski definition) is 0. The molecule has 0 saturated heterocycles. The lowest BCUT2D eigenvalue weighted by atomic mass is 10.1. The van der Waals surface area contributed by atoms with E-state index in [1.165, 1.54) is 6.08 Å². The van der Waals surface area contributed by atoms with Crippen LogP contribution in [-0.4, -0.2) is 18.9 Å². The molecule has 0 N–H and O–H groups in total. The SMILES string of the molecule is CN=C1C=CCC(F)C=C1C#N. The molecule has 1 atom stereocenters. The van der Waals surface area contributed by atoms with E-state index < -0.39 is 6.17 Å². The Morgan fingerprint density at radius 3 is 3.08 bits per heavy atom. The zero-order valence-electron chi connectivity index (χ0n) is 6.79. The first-order valence-electron chi connectivity index (χ1n) is 3.67. The summed E-state index contributed by atoms with van der Waals surface area (Å²) in [5.41, 5.74) is 0.872. The van der Waals surface area contributed by atoms with Gasteiger partial charge in [-0.05, 0) is 12.2 Å². The van der Waals surface area contributed by atoms with E-state index in [1.807, 2.05) is 6.07 Å². The number of aliphatic imine (C=N–C) groups is 1. The molecule has 0 aromatic heterocycles. The number of nitriles is 1. The van der Waals surface area contributed by atoms with Crippen LogP contribution in [0.3, 0.4) is 0 Å². The fourth-order valence-corrected chi connectivity index (χ4v) is 1.02. The minimum atomic E-state index is -1.06. The molecule has 1 unspecified atom stereocenters. The van der Waals surface area contributed by atoms with E-state index in [2.05, 4.69) is 4.99 Å². The molecule has 0 bridgehead atoms. The molecule has 62 valence electrons. The summed E-state index contributed by atoms with van der Waals surface area (Å²) in [6.45, 7) is 0. The van der Waals surface area contributed by atoms with Gasteiger partial charge in [0.15, 0.2) is 0 Å². The Labute approximate surface area is 70.7 Å². The zero-order chi connectivity index (χ0) is 8.97. The topological polar surface area (TPSA) is 36.1 Å². The molecule has 12 heavy (non-hydrogen) atoms. The van der Waals surface area contributed by atoms with E-state index >= 15 is 0 Å². The van der Waals surface area contributed by atoms with E-state index in [9.17, 15) is 4.39 Å². The van der Waals surface area contributed by atoms with Gasteiger partial charge in [-0.25, -0.2) is 4.39 Å². The van der Waals surface area contributed by atoms with Gasteiger partial charge in [0, 0.05) is 13.5 Å². The second-order valence-corrected chi connectivity index (χ2v) is 2.46. The highest BCUT2D eigenvalue weighted by molar-refractivity contribution is 6.11. The van der Waals surface area contributed by atoms with Gasteiger partial charge < -0.3 is 0 Å². The zero-order valence-corrected chi connectivity index (χ0v) is 6.79. The quantitative estimate of drug-likeness (QED) is 0.537. The third-order valence-electron chi connectivity index (χ3n) is 1.62. The third-order valence-corrected chi connectivity index (χ3v) is 1.62. The average Bonchev–Trinajstić information content (AvgIpc) is 2.26. The van der Waals surface area contributed by atoms with Crippen LogP contribution in [0.2, 0.25) is 0 Å². The van der Waals surface area contributed by atoms with Gasteiger partial charge in [-0.15, -0.1) is 0 Å². The molecule has 0 fully saturated rings. The number of nitrogens with zero attached hydrogens (tertiary/aromatic N) is 2. The van der Waals surface area contributed by atoms with Crippen molar-refractivity contribution in [2.24, 2.45) is 4.99 Å². The normalized spacial score (nSPS) is 26.2. The molecule has 0 radical (unpaired) electrons. The molecule has 1 rings (SSSR count). The standard InChI is InChI=1S/C9H9FN2/c1-12-9-4-2-3-8(10)5-7(9)6-11/h2,4-5,8H,3H2,1H3. The van der Waals surface area contributed by atoms with Crippen molar-refractivity contribution in [3.63, 3.8) is 0 Å². The first-order chi connectivity index (χ1) is 5.77. The Morgan fingerprint density at radius 1 is 1.75 bits per heavy atom. The lowest BCUT2D eigenvalue weighted by Gasteiger charge is -1.95. The molecule has 3 heteroatoms. The van der Waals surface area contributed by atoms with Crippen molar-refractivity contribution < 1.29 is 4.39 Å². The minimum absolute atomic E-state index is 0.318. The van der Waals surface area contributed by atoms with Crippen molar-refractivity contribution in [1.29, 1.82) is 5.26 Å². The summed E-state index contributed by atoms with van der Waals surface area (Å²) >= 11 is 0. The van der Waals surface area contributed by atoms with Crippen LogP contribution in [0.1, 0.15) is 6.42 Å². The summed E-state index contributed by atoms with van der Waals surface area (Å²) in [4.78, 5) is 3.87. The number of hydrogen-bond acceptors (Lipinski definition) is 2. The molecule has 0 aliphatic heterocycles. The summed E-state index contributed by atoms with van der Waals surface area (Å²) < 4.78 is 12.9. The summed E-state index contributed by atoms with van der Waals surface area (Å²) in [6, 6.07) is 1.91.